The van der Waals surface area contributed by atoms with E-state index in [1.54, 1.807) is 0 Å². The smallest absolute Gasteiger partial charge is 0.238 e. The third kappa shape index (κ3) is 5.69. The van der Waals surface area contributed by atoms with Gasteiger partial charge < -0.3 is 8.98 Å². The fraction of sp³-hybridized carbons (Fsp3) is 0. The van der Waals surface area contributed by atoms with Crippen LogP contribution < -0.4 is 0 Å². The molecule has 0 fully saturated rings. The lowest BCUT2D eigenvalue weighted by atomic mass is 10.0. The first-order valence-corrected chi connectivity index (χ1v) is 21.2. The first-order valence-electron chi connectivity index (χ1n) is 21.2. The molecule has 63 heavy (non-hydrogen) atoms. The molecule has 0 atom stereocenters. The molecule has 294 valence electrons. The highest BCUT2D eigenvalue weighted by Crippen LogP contribution is 2.38. The number of hydrogen-bond donors (Lipinski definition) is 0. The van der Waals surface area contributed by atoms with Gasteiger partial charge in [0.2, 0.25) is 5.95 Å². The average Bonchev–Trinajstić information content (AvgIpc) is 4.01. The van der Waals surface area contributed by atoms with E-state index in [0.29, 0.717) is 17.6 Å². The van der Waals surface area contributed by atoms with Gasteiger partial charge in [-0.25, -0.2) is 4.98 Å². The Hall–Kier alpha value is -8.61. The van der Waals surface area contributed by atoms with Crippen LogP contribution in [-0.4, -0.2) is 24.1 Å². The Bertz CT molecular complexity index is 3920. The predicted molar refractivity (Wildman–Crippen MR) is 258 cm³/mol. The first kappa shape index (κ1) is 35.2. The van der Waals surface area contributed by atoms with Gasteiger partial charge in [-0.05, 0) is 95.1 Å². The molecule has 0 aliphatic carbocycles. The van der Waals surface area contributed by atoms with Gasteiger partial charge in [0, 0.05) is 49.1 Å². The van der Waals surface area contributed by atoms with Gasteiger partial charge in [0.15, 0.2) is 11.6 Å². The second kappa shape index (κ2) is 14.0. The number of fused-ring (bicyclic) bond motifs is 9. The topological polar surface area (TPSA) is 61.7 Å². The highest BCUT2D eigenvalue weighted by atomic mass is 16.3. The minimum atomic E-state index is 0.543. The zero-order chi connectivity index (χ0) is 41.4. The molecule has 0 aliphatic heterocycles. The van der Waals surface area contributed by atoms with Crippen molar-refractivity contribution in [2.75, 3.05) is 0 Å². The SMILES string of the molecule is c1ccc(-c2ccc3c(c2)c2ccccc2n3-c2cccc(-c3nc(-c4ccc5oc6ccccc6c5c4)nc(-n4c5ccccc5c5cc(-c6ccccc6)ccc54)n3)c2)cc1. The van der Waals surface area contributed by atoms with Crippen LogP contribution >= 0.6 is 0 Å². The second-order valence-electron chi connectivity index (χ2n) is 16.0. The van der Waals surface area contributed by atoms with Gasteiger partial charge in [-0.1, -0.05) is 140 Å². The van der Waals surface area contributed by atoms with Crippen molar-refractivity contribution >= 4 is 65.6 Å². The van der Waals surface area contributed by atoms with Gasteiger partial charge in [0.05, 0.1) is 22.1 Å². The number of furan rings is 1. The van der Waals surface area contributed by atoms with Crippen molar-refractivity contribution in [3.63, 3.8) is 0 Å². The molecule has 0 unspecified atom stereocenters. The molecule has 0 saturated carbocycles. The molecule has 0 spiro atoms. The van der Waals surface area contributed by atoms with Gasteiger partial charge in [0.1, 0.15) is 11.2 Å². The number of aromatic nitrogens is 5. The van der Waals surface area contributed by atoms with Gasteiger partial charge >= 0.3 is 0 Å². The van der Waals surface area contributed by atoms with E-state index < -0.39 is 0 Å². The highest BCUT2D eigenvalue weighted by molar-refractivity contribution is 6.12. The molecule has 0 radical (unpaired) electrons. The van der Waals surface area contributed by atoms with Crippen LogP contribution in [-0.2, 0) is 0 Å². The molecule has 13 rings (SSSR count). The number of benzene rings is 9. The standard InChI is InChI=1S/C57H35N5O/c1-3-14-36(15-4-1)38-26-29-51-46(33-38)43-20-7-10-23-49(43)61(51)42-19-13-18-40(32-42)55-58-56(41-28-31-54-48(35-41)45-22-9-12-25-53(45)63-54)60-57(59-55)62-50-24-11-8-21-44(50)47-34-39(27-30-52(47)62)37-16-5-2-6-17-37/h1-35H. The lowest BCUT2D eigenvalue weighted by Gasteiger charge is -2.13. The van der Waals surface area contributed by atoms with Crippen molar-refractivity contribution in [3.8, 4) is 56.7 Å². The molecular formula is C57H35N5O. The van der Waals surface area contributed by atoms with E-state index in [4.69, 9.17) is 19.4 Å². The van der Waals surface area contributed by atoms with Crippen molar-refractivity contribution in [2.24, 2.45) is 0 Å². The van der Waals surface area contributed by atoms with E-state index in [0.717, 1.165) is 77.2 Å². The third-order valence-corrected chi connectivity index (χ3v) is 12.4. The van der Waals surface area contributed by atoms with E-state index in [9.17, 15) is 0 Å². The lowest BCUT2D eigenvalue weighted by molar-refractivity contribution is 0.669. The molecule has 9 aromatic carbocycles. The minimum absolute atomic E-state index is 0.543. The molecular weight excluding hydrogens is 771 g/mol. The highest BCUT2D eigenvalue weighted by Gasteiger charge is 2.20. The van der Waals surface area contributed by atoms with Gasteiger partial charge in [-0.3, -0.25) is 4.57 Å². The molecule has 13 aromatic rings. The van der Waals surface area contributed by atoms with E-state index in [-0.39, 0.29) is 0 Å². The van der Waals surface area contributed by atoms with Crippen LogP contribution in [0.25, 0.3) is 122 Å². The largest absolute Gasteiger partial charge is 0.456 e. The summed E-state index contributed by atoms with van der Waals surface area (Å²) in [6.07, 6.45) is 0. The van der Waals surface area contributed by atoms with Crippen LogP contribution in [0.3, 0.4) is 0 Å². The lowest BCUT2D eigenvalue weighted by Crippen LogP contribution is -2.06. The van der Waals surface area contributed by atoms with E-state index in [1.807, 2.05) is 30.3 Å². The quantitative estimate of drug-likeness (QED) is 0.168. The summed E-state index contributed by atoms with van der Waals surface area (Å²) in [4.78, 5) is 16.0. The van der Waals surface area contributed by atoms with Gasteiger partial charge in [-0.2, -0.15) is 9.97 Å². The van der Waals surface area contributed by atoms with Crippen molar-refractivity contribution in [1.82, 2.24) is 24.1 Å². The maximum Gasteiger partial charge on any atom is 0.238 e. The maximum absolute atomic E-state index is 6.24. The minimum Gasteiger partial charge on any atom is -0.456 e. The van der Waals surface area contributed by atoms with Gasteiger partial charge in [0.25, 0.3) is 0 Å². The Kier molecular flexibility index (Phi) is 7.80. The van der Waals surface area contributed by atoms with Gasteiger partial charge in [-0.15, -0.1) is 0 Å². The molecule has 0 saturated heterocycles. The molecule has 0 amide bonds. The Labute approximate surface area is 361 Å². The Morgan fingerprint density at radius 2 is 0.762 bits per heavy atom. The summed E-state index contributed by atoms with van der Waals surface area (Å²) < 4.78 is 10.8. The Balaban J connectivity index is 1.03. The van der Waals surface area contributed by atoms with Crippen molar-refractivity contribution in [3.05, 3.63) is 212 Å². The summed E-state index contributed by atoms with van der Waals surface area (Å²) in [6, 6.07) is 74.6. The summed E-state index contributed by atoms with van der Waals surface area (Å²) in [5, 5.41) is 6.72. The zero-order valence-electron chi connectivity index (χ0n) is 33.9. The van der Waals surface area contributed by atoms with E-state index in [2.05, 4.69) is 191 Å². The zero-order valence-corrected chi connectivity index (χ0v) is 33.9. The van der Waals surface area contributed by atoms with Crippen LogP contribution in [0.1, 0.15) is 0 Å². The third-order valence-electron chi connectivity index (χ3n) is 12.4. The molecule has 4 heterocycles. The first-order chi connectivity index (χ1) is 31.2. The van der Waals surface area contributed by atoms with E-state index in [1.165, 1.54) is 27.5 Å². The molecule has 4 aromatic heterocycles. The normalized spacial score (nSPS) is 11.8. The number of hydrogen-bond acceptors (Lipinski definition) is 4. The van der Waals surface area contributed by atoms with Crippen LogP contribution in [0.4, 0.5) is 0 Å². The summed E-state index contributed by atoms with van der Waals surface area (Å²) in [5.74, 6) is 1.69. The molecule has 0 N–H and O–H groups in total. The van der Waals surface area contributed by atoms with E-state index >= 15 is 0 Å². The van der Waals surface area contributed by atoms with Crippen molar-refractivity contribution in [2.45, 2.75) is 0 Å². The summed E-state index contributed by atoms with van der Waals surface area (Å²) >= 11 is 0. The number of nitrogens with zero attached hydrogens (tertiary/aromatic N) is 5. The van der Waals surface area contributed by atoms with Crippen LogP contribution in [0, 0.1) is 0 Å². The predicted octanol–water partition coefficient (Wildman–Crippen LogP) is 14.6. The Morgan fingerprint density at radius 3 is 1.43 bits per heavy atom. The fourth-order valence-corrected chi connectivity index (χ4v) is 9.43. The second-order valence-corrected chi connectivity index (χ2v) is 16.0. The summed E-state index contributed by atoms with van der Waals surface area (Å²) in [5.41, 5.74) is 13.4. The Morgan fingerprint density at radius 1 is 0.286 bits per heavy atom. The fourth-order valence-electron chi connectivity index (χ4n) is 9.43. The molecule has 6 heteroatoms. The number of para-hydroxylation sites is 3. The van der Waals surface area contributed by atoms with Crippen LogP contribution in [0.2, 0.25) is 0 Å². The summed E-state index contributed by atoms with van der Waals surface area (Å²) in [7, 11) is 0. The molecule has 0 aliphatic rings. The molecule has 0 bridgehead atoms. The van der Waals surface area contributed by atoms with Crippen LogP contribution in [0.5, 0.6) is 0 Å². The molecule has 6 nitrogen and oxygen atoms in total. The van der Waals surface area contributed by atoms with Crippen molar-refractivity contribution < 1.29 is 4.42 Å². The monoisotopic (exact) mass is 805 g/mol. The van der Waals surface area contributed by atoms with Crippen LogP contribution in [0.15, 0.2) is 217 Å². The number of rotatable bonds is 6. The average molecular weight is 806 g/mol. The van der Waals surface area contributed by atoms with Crippen molar-refractivity contribution in [1.29, 1.82) is 0 Å². The summed E-state index contributed by atoms with van der Waals surface area (Å²) in [6.45, 7) is 0. The maximum atomic E-state index is 6.24.